The highest BCUT2D eigenvalue weighted by Crippen LogP contribution is 2.26. The van der Waals surface area contributed by atoms with Crippen molar-refractivity contribution in [3.63, 3.8) is 0 Å². The van der Waals surface area contributed by atoms with Crippen LogP contribution < -0.4 is 5.32 Å². The first-order valence-corrected chi connectivity index (χ1v) is 6.64. The fourth-order valence-electron chi connectivity index (χ4n) is 1.63. The number of oxazole rings is 1. The molecule has 0 aliphatic carbocycles. The Morgan fingerprint density at radius 3 is 2.79 bits per heavy atom. The summed E-state index contributed by atoms with van der Waals surface area (Å²) < 4.78 is 5.64. The molecule has 6 heteroatoms. The fraction of sp³-hybridized carbons (Fsp3) is 0.385. The molecule has 4 nitrogen and oxygen atoms in total. The molecule has 0 aliphatic rings. The van der Waals surface area contributed by atoms with Crippen molar-refractivity contribution in [1.82, 2.24) is 10.3 Å². The SMILES string of the molecule is CC(Cl)C(=O)NC(C)(C)c1nc2cc(Cl)ccc2o1. The summed E-state index contributed by atoms with van der Waals surface area (Å²) >= 11 is 11.6. The molecule has 1 atom stereocenters. The van der Waals surface area contributed by atoms with E-state index in [1.165, 1.54) is 0 Å². The minimum absolute atomic E-state index is 0.271. The van der Waals surface area contributed by atoms with Crippen LogP contribution in [0.25, 0.3) is 11.1 Å². The Bertz CT molecular complexity index is 620. The lowest BCUT2D eigenvalue weighted by Gasteiger charge is -2.23. The van der Waals surface area contributed by atoms with Crippen LogP contribution in [-0.4, -0.2) is 16.3 Å². The van der Waals surface area contributed by atoms with Crippen molar-refractivity contribution >= 4 is 40.2 Å². The van der Waals surface area contributed by atoms with Gasteiger partial charge in [-0.2, -0.15) is 0 Å². The van der Waals surface area contributed by atoms with Crippen LogP contribution in [0.5, 0.6) is 0 Å². The van der Waals surface area contributed by atoms with Crippen LogP contribution in [0.2, 0.25) is 5.02 Å². The molecule has 0 bridgehead atoms. The molecule has 0 saturated carbocycles. The van der Waals surface area contributed by atoms with Gasteiger partial charge < -0.3 is 9.73 Å². The molecule has 2 rings (SSSR count). The summed E-state index contributed by atoms with van der Waals surface area (Å²) in [6.45, 7) is 5.21. The van der Waals surface area contributed by atoms with E-state index in [-0.39, 0.29) is 5.91 Å². The van der Waals surface area contributed by atoms with E-state index in [0.717, 1.165) is 0 Å². The Hall–Kier alpha value is -1.26. The molecular formula is C13H14Cl2N2O2. The minimum Gasteiger partial charge on any atom is -0.438 e. The Morgan fingerprint density at radius 2 is 2.16 bits per heavy atom. The first-order chi connectivity index (χ1) is 8.79. The molecule has 1 amide bonds. The van der Waals surface area contributed by atoms with Crippen molar-refractivity contribution < 1.29 is 9.21 Å². The third kappa shape index (κ3) is 3.01. The van der Waals surface area contributed by atoms with Crippen molar-refractivity contribution in [2.24, 2.45) is 0 Å². The number of carbonyl (C=O) groups is 1. The highest BCUT2D eigenvalue weighted by atomic mass is 35.5. The molecule has 1 aromatic heterocycles. The second-order valence-electron chi connectivity index (χ2n) is 4.86. The number of aromatic nitrogens is 1. The van der Waals surface area contributed by atoms with Gasteiger partial charge in [0.2, 0.25) is 11.8 Å². The number of rotatable bonds is 3. The van der Waals surface area contributed by atoms with E-state index in [1.807, 2.05) is 0 Å². The summed E-state index contributed by atoms with van der Waals surface area (Å²) in [4.78, 5) is 16.0. The number of benzene rings is 1. The highest BCUT2D eigenvalue weighted by molar-refractivity contribution is 6.31. The normalized spacial score (nSPS) is 13.5. The number of amides is 1. The summed E-state index contributed by atoms with van der Waals surface area (Å²) in [5.41, 5.74) is 0.538. The average molecular weight is 301 g/mol. The Morgan fingerprint density at radius 1 is 1.47 bits per heavy atom. The molecule has 1 unspecified atom stereocenters. The number of alkyl halides is 1. The van der Waals surface area contributed by atoms with Gasteiger partial charge in [0.1, 0.15) is 16.4 Å². The second kappa shape index (κ2) is 5.02. The number of carbonyl (C=O) groups excluding carboxylic acids is 1. The number of nitrogens with zero attached hydrogens (tertiary/aromatic N) is 1. The van der Waals surface area contributed by atoms with Gasteiger partial charge in [0, 0.05) is 5.02 Å². The summed E-state index contributed by atoms with van der Waals surface area (Å²) in [6, 6.07) is 5.19. The molecule has 2 aromatic rings. The molecule has 0 fully saturated rings. The van der Waals surface area contributed by atoms with Crippen molar-refractivity contribution in [3.05, 3.63) is 29.1 Å². The predicted molar refractivity (Wildman–Crippen MR) is 75.5 cm³/mol. The zero-order valence-corrected chi connectivity index (χ0v) is 12.3. The molecule has 0 aliphatic heterocycles. The van der Waals surface area contributed by atoms with E-state index in [2.05, 4.69) is 10.3 Å². The molecule has 19 heavy (non-hydrogen) atoms. The molecular weight excluding hydrogens is 287 g/mol. The number of nitrogens with one attached hydrogen (secondary N) is 1. The maximum atomic E-state index is 11.7. The van der Waals surface area contributed by atoms with Gasteiger partial charge in [0.05, 0.1) is 0 Å². The topological polar surface area (TPSA) is 55.1 Å². The standard InChI is InChI=1S/C13H14Cl2N2O2/c1-7(14)11(18)17-13(2,3)12-16-9-6-8(15)4-5-10(9)19-12/h4-7H,1-3H3,(H,17,18). The third-order valence-electron chi connectivity index (χ3n) is 2.68. The van der Waals surface area contributed by atoms with Gasteiger partial charge in [-0.25, -0.2) is 4.98 Å². The molecule has 1 N–H and O–H groups in total. The van der Waals surface area contributed by atoms with Crippen LogP contribution >= 0.6 is 23.2 Å². The van der Waals surface area contributed by atoms with Gasteiger partial charge in [-0.3, -0.25) is 4.79 Å². The first-order valence-electron chi connectivity index (χ1n) is 5.82. The molecule has 1 heterocycles. The van der Waals surface area contributed by atoms with E-state index >= 15 is 0 Å². The monoisotopic (exact) mass is 300 g/mol. The fourth-order valence-corrected chi connectivity index (χ4v) is 1.85. The maximum absolute atomic E-state index is 11.7. The molecule has 0 spiro atoms. The van der Waals surface area contributed by atoms with Gasteiger partial charge >= 0.3 is 0 Å². The number of hydrogen-bond donors (Lipinski definition) is 1. The predicted octanol–water partition coefficient (Wildman–Crippen LogP) is 3.46. The van der Waals surface area contributed by atoms with Crippen LogP contribution in [0.1, 0.15) is 26.7 Å². The number of hydrogen-bond acceptors (Lipinski definition) is 3. The largest absolute Gasteiger partial charge is 0.438 e. The summed E-state index contributed by atoms with van der Waals surface area (Å²) in [6.07, 6.45) is 0. The quantitative estimate of drug-likeness (QED) is 0.883. The number of halogens is 2. The van der Waals surface area contributed by atoms with Gasteiger partial charge in [0.25, 0.3) is 0 Å². The van der Waals surface area contributed by atoms with Gasteiger partial charge in [-0.15, -0.1) is 11.6 Å². The van der Waals surface area contributed by atoms with Crippen LogP contribution in [0.4, 0.5) is 0 Å². The van der Waals surface area contributed by atoms with Crippen LogP contribution in [0.3, 0.4) is 0 Å². The lowest BCUT2D eigenvalue weighted by atomic mass is 10.1. The minimum atomic E-state index is -0.744. The van der Waals surface area contributed by atoms with Crippen LogP contribution in [0.15, 0.2) is 22.6 Å². The van der Waals surface area contributed by atoms with Gasteiger partial charge in [-0.05, 0) is 39.0 Å². The first kappa shape index (κ1) is 14.2. The van der Waals surface area contributed by atoms with E-state index in [4.69, 9.17) is 27.6 Å². The van der Waals surface area contributed by atoms with E-state index in [9.17, 15) is 4.79 Å². The van der Waals surface area contributed by atoms with E-state index < -0.39 is 10.9 Å². The van der Waals surface area contributed by atoms with Gasteiger partial charge in [0.15, 0.2) is 5.58 Å². The van der Waals surface area contributed by atoms with Crippen molar-refractivity contribution in [1.29, 1.82) is 0 Å². The average Bonchev–Trinajstić information content (AvgIpc) is 2.71. The molecule has 102 valence electrons. The molecule has 0 radical (unpaired) electrons. The third-order valence-corrected chi connectivity index (χ3v) is 3.11. The zero-order valence-electron chi connectivity index (χ0n) is 10.8. The van der Waals surface area contributed by atoms with Crippen LogP contribution in [0, 0.1) is 0 Å². The number of fused-ring (bicyclic) bond motifs is 1. The highest BCUT2D eigenvalue weighted by Gasteiger charge is 2.30. The Labute approximate surface area is 121 Å². The summed E-state index contributed by atoms with van der Waals surface area (Å²) in [5, 5.41) is 2.76. The van der Waals surface area contributed by atoms with Crippen molar-refractivity contribution in [2.75, 3.05) is 0 Å². The maximum Gasteiger partial charge on any atom is 0.238 e. The lowest BCUT2D eigenvalue weighted by molar-refractivity contribution is -0.122. The van der Waals surface area contributed by atoms with E-state index in [0.29, 0.717) is 22.0 Å². The van der Waals surface area contributed by atoms with E-state index in [1.54, 1.807) is 39.0 Å². The van der Waals surface area contributed by atoms with Crippen LogP contribution in [-0.2, 0) is 10.3 Å². The van der Waals surface area contributed by atoms with Crippen molar-refractivity contribution in [2.45, 2.75) is 31.7 Å². The zero-order chi connectivity index (χ0) is 14.2. The smallest absolute Gasteiger partial charge is 0.238 e. The summed E-state index contributed by atoms with van der Waals surface area (Å²) in [7, 11) is 0. The van der Waals surface area contributed by atoms with Crippen molar-refractivity contribution in [3.8, 4) is 0 Å². The Balaban J connectivity index is 2.34. The summed E-state index contributed by atoms with van der Waals surface area (Å²) in [5.74, 6) is 0.141. The molecule has 1 aromatic carbocycles. The molecule has 0 saturated heterocycles. The van der Waals surface area contributed by atoms with Gasteiger partial charge in [-0.1, -0.05) is 11.6 Å². The lowest BCUT2D eigenvalue weighted by Crippen LogP contribution is -2.44. The Kier molecular flexibility index (Phi) is 3.74. The second-order valence-corrected chi connectivity index (χ2v) is 5.95.